The summed E-state index contributed by atoms with van der Waals surface area (Å²) in [6, 6.07) is 0. The number of nitrogens with zero attached hydrogens (tertiary/aromatic N) is 1. The fourth-order valence-corrected chi connectivity index (χ4v) is 2.46. The predicted octanol–water partition coefficient (Wildman–Crippen LogP) is 0.850. The summed E-state index contributed by atoms with van der Waals surface area (Å²) in [7, 11) is 2.08. The third-order valence-electron chi connectivity index (χ3n) is 4.46. The van der Waals surface area contributed by atoms with Crippen LogP contribution >= 0.6 is 0 Å². The second kappa shape index (κ2) is 3.80. The monoisotopic (exact) mass is 201 g/mol. The molecule has 1 heterocycles. The zero-order chi connectivity index (χ0) is 11.0. The van der Waals surface area contributed by atoms with Gasteiger partial charge in [-0.15, -0.1) is 0 Å². The molecule has 84 valence electrons. The first-order chi connectivity index (χ1) is 6.36. The van der Waals surface area contributed by atoms with Crippen molar-refractivity contribution in [1.82, 2.24) is 4.90 Å². The lowest BCUT2D eigenvalue weighted by Gasteiger charge is -2.56. The summed E-state index contributed by atoms with van der Waals surface area (Å²) in [5.74, 6) is 0. The van der Waals surface area contributed by atoms with E-state index < -0.39 is 0 Å². The minimum absolute atomic E-state index is 0.0621. The van der Waals surface area contributed by atoms with E-state index in [1.807, 2.05) is 0 Å². The Kier molecular flexibility index (Phi) is 3.24. The molecule has 0 saturated carbocycles. The molecule has 2 atom stereocenters. The van der Waals surface area contributed by atoms with Crippen LogP contribution in [-0.2, 0) is 0 Å². The third-order valence-corrected chi connectivity index (χ3v) is 4.46. The van der Waals surface area contributed by atoms with E-state index in [2.05, 4.69) is 32.7 Å². The Hall–Kier alpha value is -0.120. The Morgan fingerprint density at radius 3 is 2.43 bits per heavy atom. The zero-order valence-electron chi connectivity index (χ0n) is 9.75. The number of aliphatic hydroxyl groups is 2. The van der Waals surface area contributed by atoms with Crippen molar-refractivity contribution in [3.63, 3.8) is 0 Å². The van der Waals surface area contributed by atoms with Crippen LogP contribution in [0.1, 0.15) is 33.6 Å². The third kappa shape index (κ3) is 1.58. The van der Waals surface area contributed by atoms with Gasteiger partial charge < -0.3 is 15.1 Å². The Labute approximate surface area is 86.7 Å². The quantitative estimate of drug-likeness (QED) is 0.696. The van der Waals surface area contributed by atoms with Crippen LogP contribution in [0.15, 0.2) is 0 Å². The van der Waals surface area contributed by atoms with Crippen molar-refractivity contribution in [3.8, 4) is 0 Å². The van der Waals surface area contributed by atoms with Gasteiger partial charge in [0.25, 0.3) is 0 Å². The summed E-state index contributed by atoms with van der Waals surface area (Å²) in [5, 5.41) is 19.2. The van der Waals surface area contributed by atoms with Crippen LogP contribution in [-0.4, -0.2) is 47.0 Å². The maximum atomic E-state index is 10.1. The van der Waals surface area contributed by atoms with Gasteiger partial charge in [-0.2, -0.15) is 0 Å². The van der Waals surface area contributed by atoms with Crippen molar-refractivity contribution < 1.29 is 10.2 Å². The lowest BCUT2D eigenvalue weighted by molar-refractivity contribution is -0.123. The van der Waals surface area contributed by atoms with Crippen LogP contribution in [0.2, 0.25) is 0 Å². The Bertz CT molecular complexity index is 205. The Balaban J connectivity index is 2.95. The highest BCUT2D eigenvalue weighted by Gasteiger charge is 2.50. The average Bonchev–Trinajstić information content (AvgIpc) is 2.11. The van der Waals surface area contributed by atoms with Crippen molar-refractivity contribution in [2.45, 2.75) is 45.3 Å². The van der Waals surface area contributed by atoms with Gasteiger partial charge in [0, 0.05) is 24.1 Å². The van der Waals surface area contributed by atoms with E-state index in [4.69, 9.17) is 5.11 Å². The van der Waals surface area contributed by atoms with Crippen LogP contribution in [0.25, 0.3) is 0 Å². The fraction of sp³-hybridized carbons (Fsp3) is 1.00. The first kappa shape index (κ1) is 12.0. The van der Waals surface area contributed by atoms with Crippen LogP contribution in [0.5, 0.6) is 0 Å². The highest BCUT2D eigenvalue weighted by atomic mass is 16.3. The second-order valence-electron chi connectivity index (χ2n) is 5.18. The lowest BCUT2D eigenvalue weighted by Crippen LogP contribution is -2.63. The van der Waals surface area contributed by atoms with Gasteiger partial charge in [0.1, 0.15) is 0 Å². The van der Waals surface area contributed by atoms with Crippen molar-refractivity contribution in [1.29, 1.82) is 0 Å². The van der Waals surface area contributed by atoms with Crippen molar-refractivity contribution in [2.75, 3.05) is 20.2 Å². The molecule has 14 heavy (non-hydrogen) atoms. The first-order valence-electron chi connectivity index (χ1n) is 5.36. The predicted molar refractivity (Wildman–Crippen MR) is 57.1 cm³/mol. The van der Waals surface area contributed by atoms with Gasteiger partial charge >= 0.3 is 0 Å². The average molecular weight is 201 g/mol. The molecule has 1 aliphatic heterocycles. The molecule has 2 unspecified atom stereocenters. The SMILES string of the molecule is CN1CCC(O)C(C)(CCO)C1(C)C. The molecule has 0 spiro atoms. The summed E-state index contributed by atoms with van der Waals surface area (Å²) in [6.07, 6.45) is 1.16. The molecule has 0 aromatic rings. The minimum atomic E-state index is -0.305. The van der Waals surface area contributed by atoms with E-state index in [-0.39, 0.29) is 23.7 Å². The molecule has 0 aromatic heterocycles. The van der Waals surface area contributed by atoms with Crippen molar-refractivity contribution in [3.05, 3.63) is 0 Å². The van der Waals surface area contributed by atoms with E-state index in [9.17, 15) is 5.11 Å². The number of rotatable bonds is 2. The molecule has 0 radical (unpaired) electrons. The van der Waals surface area contributed by atoms with Gasteiger partial charge in [0.2, 0.25) is 0 Å². The second-order valence-corrected chi connectivity index (χ2v) is 5.18. The lowest BCUT2D eigenvalue weighted by atomic mass is 9.63. The molecule has 3 nitrogen and oxygen atoms in total. The molecule has 1 rings (SSSR count). The van der Waals surface area contributed by atoms with Crippen LogP contribution in [0.3, 0.4) is 0 Å². The number of hydrogen-bond donors (Lipinski definition) is 2. The van der Waals surface area contributed by atoms with E-state index in [0.717, 1.165) is 13.0 Å². The molecule has 2 N–H and O–H groups in total. The number of piperidine rings is 1. The molecule has 0 aliphatic carbocycles. The summed E-state index contributed by atoms with van der Waals surface area (Å²) in [6.45, 7) is 7.43. The molecule has 3 heteroatoms. The van der Waals surface area contributed by atoms with E-state index >= 15 is 0 Å². The van der Waals surface area contributed by atoms with E-state index in [1.54, 1.807) is 0 Å². The van der Waals surface area contributed by atoms with E-state index in [1.165, 1.54) is 0 Å². The molecule has 1 aliphatic rings. The van der Waals surface area contributed by atoms with Gasteiger partial charge in [-0.05, 0) is 33.7 Å². The maximum Gasteiger partial charge on any atom is 0.0624 e. The van der Waals surface area contributed by atoms with Gasteiger partial charge in [0.15, 0.2) is 0 Å². The summed E-state index contributed by atoms with van der Waals surface area (Å²) in [5.41, 5.74) is -0.276. The highest BCUT2D eigenvalue weighted by molar-refractivity contribution is 5.04. The zero-order valence-corrected chi connectivity index (χ0v) is 9.75. The fourth-order valence-electron chi connectivity index (χ4n) is 2.46. The minimum Gasteiger partial charge on any atom is -0.396 e. The van der Waals surface area contributed by atoms with Crippen LogP contribution in [0.4, 0.5) is 0 Å². The normalized spacial score (nSPS) is 38.6. The first-order valence-corrected chi connectivity index (χ1v) is 5.36. The smallest absolute Gasteiger partial charge is 0.0624 e. The van der Waals surface area contributed by atoms with Crippen molar-refractivity contribution in [2.24, 2.45) is 5.41 Å². The Morgan fingerprint density at radius 2 is 1.93 bits per heavy atom. The number of hydrogen-bond acceptors (Lipinski definition) is 3. The maximum absolute atomic E-state index is 10.1. The molecule has 0 aromatic carbocycles. The number of aliphatic hydroxyl groups excluding tert-OH is 2. The topological polar surface area (TPSA) is 43.7 Å². The largest absolute Gasteiger partial charge is 0.396 e. The standard InChI is InChI=1S/C11H23NO2/c1-10(2)11(3,6-8-13)9(14)5-7-12(10)4/h9,13-14H,5-8H2,1-4H3. The molecule has 0 bridgehead atoms. The van der Waals surface area contributed by atoms with Crippen LogP contribution in [0, 0.1) is 5.41 Å². The number of likely N-dealkylation sites (tertiary alicyclic amines) is 1. The van der Waals surface area contributed by atoms with Gasteiger partial charge in [-0.1, -0.05) is 6.92 Å². The molecular formula is C11H23NO2. The summed E-state index contributed by atoms with van der Waals surface area (Å²) < 4.78 is 0. The van der Waals surface area contributed by atoms with Crippen molar-refractivity contribution >= 4 is 0 Å². The van der Waals surface area contributed by atoms with E-state index in [0.29, 0.717) is 6.42 Å². The van der Waals surface area contributed by atoms with Gasteiger partial charge in [-0.25, -0.2) is 0 Å². The molecule has 1 saturated heterocycles. The molecular weight excluding hydrogens is 178 g/mol. The van der Waals surface area contributed by atoms with Crippen LogP contribution < -0.4 is 0 Å². The summed E-state index contributed by atoms with van der Waals surface area (Å²) in [4.78, 5) is 2.27. The van der Waals surface area contributed by atoms with Gasteiger partial charge in [0.05, 0.1) is 6.10 Å². The molecule has 1 fully saturated rings. The summed E-state index contributed by atoms with van der Waals surface area (Å²) >= 11 is 0. The molecule has 0 amide bonds. The highest BCUT2D eigenvalue weighted by Crippen LogP contribution is 2.45. The Morgan fingerprint density at radius 1 is 1.36 bits per heavy atom. The van der Waals surface area contributed by atoms with Gasteiger partial charge in [-0.3, -0.25) is 0 Å².